The number of ketones is 1. The molecule has 0 radical (unpaired) electrons. The van der Waals surface area contributed by atoms with Gasteiger partial charge in [-0.05, 0) is 92.8 Å². The van der Waals surface area contributed by atoms with E-state index >= 15 is 0 Å². The molecule has 0 spiro atoms. The number of carbonyl (C=O) groups is 1. The zero-order chi connectivity index (χ0) is 16.0. The summed E-state index contributed by atoms with van der Waals surface area (Å²) in [4.78, 5) is 12.2. The molecule has 0 unspecified atom stereocenters. The summed E-state index contributed by atoms with van der Waals surface area (Å²) in [5.41, 5.74) is 0.833. The Balaban J connectivity index is 1.46. The van der Waals surface area contributed by atoms with E-state index in [2.05, 4.69) is 13.8 Å². The number of hydrogen-bond acceptors (Lipinski definition) is 2. The Morgan fingerprint density at radius 1 is 0.957 bits per heavy atom. The molecule has 2 heteroatoms. The van der Waals surface area contributed by atoms with E-state index in [1.807, 2.05) is 6.92 Å². The zero-order valence-electron chi connectivity index (χ0n) is 15.0. The minimum Gasteiger partial charge on any atom is -0.370 e. The summed E-state index contributed by atoms with van der Waals surface area (Å²) >= 11 is 0. The molecule has 1 saturated heterocycles. The third kappa shape index (κ3) is 1.88. The van der Waals surface area contributed by atoms with Crippen LogP contribution in [0.1, 0.15) is 72.1 Å². The fourth-order valence-corrected chi connectivity index (χ4v) is 8.19. The molecule has 5 rings (SSSR count). The predicted octanol–water partition coefficient (Wildman–Crippen LogP) is 4.61. The van der Waals surface area contributed by atoms with Crippen molar-refractivity contribution in [3.05, 3.63) is 0 Å². The van der Waals surface area contributed by atoms with E-state index in [0.717, 1.165) is 30.1 Å². The van der Waals surface area contributed by atoms with Crippen LogP contribution in [0, 0.1) is 40.4 Å². The van der Waals surface area contributed by atoms with Crippen LogP contribution in [-0.4, -0.2) is 18.0 Å². The molecule has 0 aromatic carbocycles. The molecular formula is C21H32O2. The van der Waals surface area contributed by atoms with E-state index in [1.165, 1.54) is 44.9 Å². The van der Waals surface area contributed by atoms with Gasteiger partial charge in [0.15, 0.2) is 0 Å². The van der Waals surface area contributed by atoms with Crippen LogP contribution in [0.2, 0.25) is 0 Å². The summed E-state index contributed by atoms with van der Waals surface area (Å²) in [7, 11) is 0. The average Bonchev–Trinajstić information content (AvgIpc) is 3.13. The summed E-state index contributed by atoms with van der Waals surface area (Å²) in [6.07, 6.45) is 11.8. The molecule has 4 aliphatic carbocycles. The Bertz CT molecular complexity index is 542. The van der Waals surface area contributed by atoms with Crippen molar-refractivity contribution in [2.24, 2.45) is 40.4 Å². The summed E-state index contributed by atoms with van der Waals surface area (Å²) < 4.78 is 5.92. The maximum atomic E-state index is 12.2. The molecule has 1 aliphatic heterocycles. The lowest BCUT2D eigenvalue weighted by Crippen LogP contribution is -2.54. The number of rotatable bonds is 1. The number of ether oxygens (including phenoxy) is 1. The Morgan fingerprint density at radius 3 is 2.52 bits per heavy atom. The quantitative estimate of drug-likeness (QED) is 0.661. The molecule has 5 fully saturated rings. The minimum atomic E-state index is 0.309. The van der Waals surface area contributed by atoms with Crippen molar-refractivity contribution in [1.29, 1.82) is 0 Å². The van der Waals surface area contributed by atoms with Crippen molar-refractivity contribution < 1.29 is 9.53 Å². The van der Waals surface area contributed by atoms with E-state index in [0.29, 0.717) is 34.7 Å². The van der Waals surface area contributed by atoms with E-state index < -0.39 is 0 Å². The van der Waals surface area contributed by atoms with Crippen LogP contribution in [0.4, 0.5) is 0 Å². The molecule has 4 saturated carbocycles. The maximum Gasteiger partial charge on any atom is 0.133 e. The Hall–Kier alpha value is -0.370. The van der Waals surface area contributed by atoms with Crippen molar-refractivity contribution in [1.82, 2.24) is 0 Å². The van der Waals surface area contributed by atoms with Crippen LogP contribution in [0.15, 0.2) is 0 Å². The van der Waals surface area contributed by atoms with E-state index in [9.17, 15) is 4.79 Å². The molecule has 0 bridgehead atoms. The van der Waals surface area contributed by atoms with Crippen molar-refractivity contribution in [3.63, 3.8) is 0 Å². The second kappa shape index (κ2) is 4.62. The summed E-state index contributed by atoms with van der Waals surface area (Å²) in [6, 6.07) is 0. The third-order valence-electron chi connectivity index (χ3n) is 9.40. The monoisotopic (exact) mass is 316 g/mol. The van der Waals surface area contributed by atoms with Crippen LogP contribution in [-0.2, 0) is 9.53 Å². The molecule has 23 heavy (non-hydrogen) atoms. The van der Waals surface area contributed by atoms with Crippen LogP contribution in [0.3, 0.4) is 0 Å². The molecule has 0 aromatic rings. The lowest BCUT2D eigenvalue weighted by molar-refractivity contribution is -0.132. The first kappa shape index (κ1) is 14.9. The summed E-state index contributed by atoms with van der Waals surface area (Å²) in [6.45, 7) is 6.91. The van der Waals surface area contributed by atoms with Gasteiger partial charge in [-0.2, -0.15) is 0 Å². The van der Waals surface area contributed by atoms with Gasteiger partial charge >= 0.3 is 0 Å². The normalized spacial score (nSPS) is 60.2. The number of epoxide rings is 1. The fraction of sp³-hybridized carbons (Fsp3) is 0.952. The highest BCUT2D eigenvalue weighted by atomic mass is 16.6. The van der Waals surface area contributed by atoms with Gasteiger partial charge in [-0.25, -0.2) is 0 Å². The molecule has 2 nitrogen and oxygen atoms in total. The largest absolute Gasteiger partial charge is 0.370 e. The Kier molecular flexibility index (Phi) is 3.00. The van der Waals surface area contributed by atoms with Gasteiger partial charge in [0, 0.05) is 5.92 Å². The van der Waals surface area contributed by atoms with Crippen molar-refractivity contribution >= 4 is 5.78 Å². The van der Waals surface area contributed by atoms with Gasteiger partial charge in [-0.15, -0.1) is 0 Å². The van der Waals surface area contributed by atoms with Crippen LogP contribution >= 0.6 is 0 Å². The van der Waals surface area contributed by atoms with E-state index in [1.54, 1.807) is 0 Å². The summed E-state index contributed by atoms with van der Waals surface area (Å²) in [5.74, 6) is 4.30. The first-order valence-electron chi connectivity index (χ1n) is 10.1. The molecular weight excluding hydrogens is 284 g/mol. The molecule has 0 amide bonds. The van der Waals surface area contributed by atoms with Gasteiger partial charge in [0.1, 0.15) is 5.78 Å². The van der Waals surface area contributed by atoms with Crippen LogP contribution in [0.25, 0.3) is 0 Å². The van der Waals surface area contributed by atoms with Crippen molar-refractivity contribution in [2.75, 3.05) is 0 Å². The Morgan fingerprint density at radius 2 is 1.74 bits per heavy atom. The average molecular weight is 316 g/mol. The van der Waals surface area contributed by atoms with Crippen LogP contribution in [0.5, 0.6) is 0 Å². The van der Waals surface area contributed by atoms with Crippen molar-refractivity contribution in [3.8, 4) is 0 Å². The number of Topliss-reactive ketones (excluding diaryl/α,β-unsaturated/α-hetero) is 1. The van der Waals surface area contributed by atoms with Crippen LogP contribution < -0.4 is 0 Å². The predicted molar refractivity (Wildman–Crippen MR) is 89.9 cm³/mol. The highest BCUT2D eigenvalue weighted by Gasteiger charge is 2.63. The highest BCUT2D eigenvalue weighted by molar-refractivity contribution is 5.79. The topological polar surface area (TPSA) is 29.6 Å². The van der Waals surface area contributed by atoms with Gasteiger partial charge in [0.05, 0.1) is 12.2 Å². The zero-order valence-corrected chi connectivity index (χ0v) is 15.0. The van der Waals surface area contributed by atoms with Gasteiger partial charge in [-0.1, -0.05) is 13.8 Å². The fourth-order valence-electron chi connectivity index (χ4n) is 8.19. The van der Waals surface area contributed by atoms with E-state index in [4.69, 9.17) is 4.74 Å². The number of carbonyl (C=O) groups excluding carboxylic acids is 1. The highest BCUT2D eigenvalue weighted by Crippen LogP contribution is 2.68. The molecule has 5 aliphatic rings. The second-order valence-electron chi connectivity index (χ2n) is 10.1. The standard InChI is InChI=1S/C21H32O2/c1-12(22)15-6-7-16-14-5-4-13-10-18-19(23-18)11-21(13,3)17(14)8-9-20(15,16)2/h13-19H,4-11H2,1-3H3/t13-,14-,15+,16-,17-,18+,19-,20+,21-/m0/s1. The smallest absolute Gasteiger partial charge is 0.133 e. The van der Waals surface area contributed by atoms with Crippen molar-refractivity contribution in [2.45, 2.75) is 84.3 Å². The van der Waals surface area contributed by atoms with E-state index in [-0.39, 0.29) is 0 Å². The molecule has 9 atom stereocenters. The molecule has 1 heterocycles. The number of fused-ring (bicyclic) bond motifs is 6. The van der Waals surface area contributed by atoms with Gasteiger partial charge in [0.25, 0.3) is 0 Å². The maximum absolute atomic E-state index is 12.2. The SMILES string of the molecule is CC(=O)[C@H]1CC[C@H]2[C@@H]3CC[C@H]4C[C@H]5O[C@H]5C[C@]4(C)[C@H]3CC[C@]12C. The lowest BCUT2D eigenvalue weighted by atomic mass is 9.45. The molecule has 0 N–H and O–H groups in total. The molecule has 0 aromatic heterocycles. The number of hydrogen-bond donors (Lipinski definition) is 0. The Labute approximate surface area is 140 Å². The lowest BCUT2D eigenvalue weighted by Gasteiger charge is -2.59. The van der Waals surface area contributed by atoms with Gasteiger partial charge < -0.3 is 4.74 Å². The molecule has 128 valence electrons. The third-order valence-corrected chi connectivity index (χ3v) is 9.40. The minimum absolute atomic E-state index is 0.309. The van der Waals surface area contributed by atoms with Gasteiger partial charge in [-0.3, -0.25) is 4.79 Å². The summed E-state index contributed by atoms with van der Waals surface area (Å²) in [5, 5.41) is 0. The first-order valence-corrected chi connectivity index (χ1v) is 10.1. The first-order chi connectivity index (χ1) is 10.9. The second-order valence-corrected chi connectivity index (χ2v) is 10.1. The van der Waals surface area contributed by atoms with Gasteiger partial charge in [0.2, 0.25) is 0 Å².